The van der Waals surface area contributed by atoms with Gasteiger partial charge >= 0.3 is 0 Å². The van der Waals surface area contributed by atoms with E-state index in [-0.39, 0.29) is 0 Å². The summed E-state index contributed by atoms with van der Waals surface area (Å²) >= 11 is 0. The van der Waals surface area contributed by atoms with Crippen molar-refractivity contribution in [3.63, 3.8) is 0 Å². The Morgan fingerprint density at radius 1 is 1.26 bits per heavy atom. The Labute approximate surface area is 111 Å². The molecule has 0 amide bonds. The van der Waals surface area contributed by atoms with Gasteiger partial charge in [0.1, 0.15) is 6.33 Å². The number of hydrogen-bond donors (Lipinski definition) is 1. The first kappa shape index (κ1) is 13.1. The molecule has 0 aliphatic rings. The molecule has 6 nitrogen and oxygen atoms in total. The summed E-state index contributed by atoms with van der Waals surface area (Å²) in [6.07, 6.45) is 3.14. The zero-order valence-electron chi connectivity index (χ0n) is 11.2. The molecule has 0 radical (unpaired) electrons. The largest absolute Gasteiger partial charge is 0.489 e. The van der Waals surface area contributed by atoms with E-state index in [1.165, 1.54) is 6.33 Å². The fourth-order valence-electron chi connectivity index (χ4n) is 1.59. The summed E-state index contributed by atoms with van der Waals surface area (Å²) in [5.74, 6) is 2.09. The molecule has 19 heavy (non-hydrogen) atoms. The summed E-state index contributed by atoms with van der Waals surface area (Å²) < 4.78 is 11.0. The van der Waals surface area contributed by atoms with Crippen LogP contribution in [-0.2, 0) is 0 Å². The van der Waals surface area contributed by atoms with Crippen LogP contribution in [-0.4, -0.2) is 28.6 Å². The Balaban J connectivity index is 2.35. The van der Waals surface area contributed by atoms with Gasteiger partial charge in [-0.15, -0.1) is 0 Å². The average Bonchev–Trinajstić information content (AvgIpc) is 2.42. The van der Waals surface area contributed by atoms with Gasteiger partial charge in [0.05, 0.1) is 12.8 Å². The van der Waals surface area contributed by atoms with E-state index in [0.29, 0.717) is 23.2 Å². The molecule has 6 heteroatoms. The van der Waals surface area contributed by atoms with E-state index in [2.05, 4.69) is 20.3 Å². The van der Waals surface area contributed by atoms with Gasteiger partial charge in [-0.25, -0.2) is 4.98 Å². The summed E-state index contributed by atoms with van der Waals surface area (Å²) in [5.41, 5.74) is 0.785. The van der Waals surface area contributed by atoms with Crippen molar-refractivity contribution in [2.24, 2.45) is 0 Å². The van der Waals surface area contributed by atoms with Crippen LogP contribution in [0.1, 0.15) is 12.6 Å². The molecular weight excluding hydrogens is 244 g/mol. The molecule has 1 N–H and O–H groups in total. The van der Waals surface area contributed by atoms with Crippen molar-refractivity contribution < 1.29 is 9.47 Å². The van der Waals surface area contributed by atoms with Crippen molar-refractivity contribution in [2.45, 2.75) is 13.8 Å². The van der Waals surface area contributed by atoms with E-state index < -0.39 is 0 Å². The van der Waals surface area contributed by atoms with Crippen molar-refractivity contribution in [1.29, 1.82) is 0 Å². The van der Waals surface area contributed by atoms with Gasteiger partial charge < -0.3 is 14.8 Å². The first-order valence-corrected chi connectivity index (χ1v) is 5.98. The summed E-state index contributed by atoms with van der Waals surface area (Å²) in [7, 11) is 1.56. The monoisotopic (exact) mass is 260 g/mol. The highest BCUT2D eigenvalue weighted by atomic mass is 16.5. The lowest BCUT2D eigenvalue weighted by molar-refractivity contribution is 0.367. The molecule has 2 rings (SSSR count). The van der Waals surface area contributed by atoms with Crippen LogP contribution in [0.2, 0.25) is 0 Å². The highest BCUT2D eigenvalue weighted by Gasteiger charge is 2.14. The first-order chi connectivity index (χ1) is 9.26. The zero-order chi connectivity index (χ0) is 13.7. The Morgan fingerprint density at radius 3 is 2.79 bits per heavy atom. The maximum atomic E-state index is 5.74. The standard InChI is InChI=1S/C13H16N4O2/c1-4-14-12-11(18-3)13(17-8-16-12)19-10-6-5-7-15-9(10)2/h5-8H,4H2,1-3H3,(H,14,16,17). The Bertz CT molecular complexity index is 560. The van der Waals surface area contributed by atoms with E-state index in [1.807, 2.05) is 19.9 Å². The van der Waals surface area contributed by atoms with Crippen LogP contribution in [0.25, 0.3) is 0 Å². The lowest BCUT2D eigenvalue weighted by Crippen LogP contribution is -2.04. The Kier molecular flexibility index (Phi) is 4.12. The quantitative estimate of drug-likeness (QED) is 0.890. The highest BCUT2D eigenvalue weighted by Crippen LogP contribution is 2.34. The number of aryl methyl sites for hydroxylation is 1. The average molecular weight is 260 g/mol. The van der Waals surface area contributed by atoms with Crippen LogP contribution < -0.4 is 14.8 Å². The number of ether oxygens (including phenoxy) is 2. The minimum atomic E-state index is 0.365. The summed E-state index contributed by atoms with van der Waals surface area (Å²) in [6.45, 7) is 4.58. The maximum Gasteiger partial charge on any atom is 0.268 e. The SMILES string of the molecule is CCNc1ncnc(Oc2cccnc2C)c1OC. The van der Waals surface area contributed by atoms with E-state index in [4.69, 9.17) is 9.47 Å². The molecule has 100 valence electrons. The molecule has 0 saturated carbocycles. The molecule has 0 atom stereocenters. The third-order valence-electron chi connectivity index (χ3n) is 2.48. The maximum absolute atomic E-state index is 5.74. The van der Waals surface area contributed by atoms with E-state index in [1.54, 1.807) is 19.4 Å². The second-order valence-electron chi connectivity index (χ2n) is 3.78. The smallest absolute Gasteiger partial charge is 0.268 e. The third kappa shape index (κ3) is 2.90. The molecule has 2 aromatic heterocycles. The van der Waals surface area contributed by atoms with Crippen LogP contribution in [0.3, 0.4) is 0 Å². The predicted molar refractivity (Wildman–Crippen MR) is 71.8 cm³/mol. The van der Waals surface area contributed by atoms with Gasteiger partial charge in [0.15, 0.2) is 11.6 Å². The molecule has 0 fully saturated rings. The molecule has 0 aliphatic heterocycles. The summed E-state index contributed by atoms with van der Waals surface area (Å²) in [4.78, 5) is 12.4. The normalized spacial score (nSPS) is 10.1. The minimum absolute atomic E-state index is 0.365. The van der Waals surface area contributed by atoms with Crippen molar-refractivity contribution >= 4 is 5.82 Å². The predicted octanol–water partition coefficient (Wildman–Crippen LogP) is 2.41. The van der Waals surface area contributed by atoms with Gasteiger partial charge in [0.2, 0.25) is 5.75 Å². The number of nitrogens with zero attached hydrogens (tertiary/aromatic N) is 3. The lowest BCUT2D eigenvalue weighted by Gasteiger charge is -2.13. The molecular formula is C13H16N4O2. The zero-order valence-corrected chi connectivity index (χ0v) is 11.2. The van der Waals surface area contributed by atoms with Crippen LogP contribution in [0.5, 0.6) is 17.4 Å². The second-order valence-corrected chi connectivity index (χ2v) is 3.78. The topological polar surface area (TPSA) is 69.2 Å². The molecule has 0 unspecified atom stereocenters. The molecule has 2 heterocycles. The number of anilines is 1. The van der Waals surface area contributed by atoms with Crippen molar-refractivity contribution in [3.05, 3.63) is 30.4 Å². The summed E-state index contributed by atoms with van der Waals surface area (Å²) in [6, 6.07) is 3.64. The molecule has 0 aliphatic carbocycles. The van der Waals surface area contributed by atoms with Crippen molar-refractivity contribution in [1.82, 2.24) is 15.0 Å². The second kappa shape index (κ2) is 5.99. The van der Waals surface area contributed by atoms with Gasteiger partial charge in [0, 0.05) is 12.7 Å². The number of methoxy groups -OCH3 is 1. The molecule has 0 bridgehead atoms. The van der Waals surface area contributed by atoms with Crippen LogP contribution >= 0.6 is 0 Å². The fraction of sp³-hybridized carbons (Fsp3) is 0.308. The number of nitrogens with one attached hydrogen (secondary N) is 1. The lowest BCUT2D eigenvalue weighted by atomic mass is 10.3. The molecule has 0 aromatic carbocycles. The number of rotatable bonds is 5. The van der Waals surface area contributed by atoms with Gasteiger partial charge in [0.25, 0.3) is 5.88 Å². The van der Waals surface area contributed by atoms with Gasteiger partial charge in [-0.05, 0) is 26.0 Å². The summed E-state index contributed by atoms with van der Waals surface area (Å²) in [5, 5.41) is 3.10. The Morgan fingerprint density at radius 2 is 2.11 bits per heavy atom. The van der Waals surface area contributed by atoms with Crippen LogP contribution in [0.4, 0.5) is 5.82 Å². The van der Waals surface area contributed by atoms with E-state index >= 15 is 0 Å². The molecule has 0 spiro atoms. The van der Waals surface area contributed by atoms with E-state index in [0.717, 1.165) is 12.2 Å². The highest BCUT2D eigenvalue weighted by molar-refractivity contribution is 5.55. The van der Waals surface area contributed by atoms with Crippen LogP contribution in [0.15, 0.2) is 24.7 Å². The van der Waals surface area contributed by atoms with E-state index in [9.17, 15) is 0 Å². The van der Waals surface area contributed by atoms with Gasteiger partial charge in [-0.2, -0.15) is 4.98 Å². The van der Waals surface area contributed by atoms with Gasteiger partial charge in [-0.1, -0.05) is 0 Å². The first-order valence-electron chi connectivity index (χ1n) is 5.98. The van der Waals surface area contributed by atoms with Crippen molar-refractivity contribution in [3.8, 4) is 17.4 Å². The van der Waals surface area contributed by atoms with Crippen molar-refractivity contribution in [2.75, 3.05) is 19.0 Å². The number of aromatic nitrogens is 3. The molecule has 0 saturated heterocycles. The third-order valence-corrected chi connectivity index (χ3v) is 2.48. The molecule has 2 aromatic rings. The Hall–Kier alpha value is -2.37. The minimum Gasteiger partial charge on any atom is -0.489 e. The number of pyridine rings is 1. The number of hydrogen-bond acceptors (Lipinski definition) is 6. The fourth-order valence-corrected chi connectivity index (χ4v) is 1.59. The van der Waals surface area contributed by atoms with Gasteiger partial charge in [-0.3, -0.25) is 4.98 Å². The van der Waals surface area contributed by atoms with Crippen LogP contribution in [0, 0.1) is 6.92 Å².